The number of para-hydroxylation sites is 1. The van der Waals surface area contributed by atoms with Crippen LogP contribution in [0.25, 0.3) is 10.9 Å². The smallest absolute Gasteiger partial charge is 0.246 e. The maximum absolute atomic E-state index is 13.2. The van der Waals surface area contributed by atoms with E-state index in [1.54, 1.807) is 22.9 Å². The highest BCUT2D eigenvalue weighted by atomic mass is 32.2. The summed E-state index contributed by atoms with van der Waals surface area (Å²) < 4.78 is 28.0. The zero-order chi connectivity index (χ0) is 21.3. The van der Waals surface area contributed by atoms with E-state index in [0.29, 0.717) is 16.0 Å². The van der Waals surface area contributed by atoms with Gasteiger partial charge in [-0.1, -0.05) is 48.0 Å². The van der Waals surface area contributed by atoms with Gasteiger partial charge < -0.3 is 9.88 Å². The minimum Gasteiger partial charge on any atom is -0.337 e. The molecule has 2 heterocycles. The van der Waals surface area contributed by atoms with Crippen LogP contribution in [0.2, 0.25) is 0 Å². The summed E-state index contributed by atoms with van der Waals surface area (Å²) in [5.74, 6) is -0.348. The Kier molecular flexibility index (Phi) is 5.44. The Balaban J connectivity index is 1.64. The number of aromatic nitrogens is 2. The standard InChI is InChI=1S/C22H21N3O3S2/c1-15-7-9-17(10-8-15)14-30(27,28)20-11-25(19-6-4-3-5-18(19)20)12-21(26)24-22-23-16(2)13-29-22/h3-11,13H,12,14H2,1-2H3,(H,23,24,26). The Hall–Kier alpha value is -2.97. The molecule has 30 heavy (non-hydrogen) atoms. The number of benzene rings is 2. The van der Waals surface area contributed by atoms with E-state index in [1.165, 1.54) is 11.3 Å². The lowest BCUT2D eigenvalue weighted by Gasteiger charge is -2.05. The van der Waals surface area contributed by atoms with Crippen LogP contribution in [0.1, 0.15) is 16.8 Å². The molecular weight excluding hydrogens is 418 g/mol. The Morgan fingerprint density at radius 2 is 1.83 bits per heavy atom. The van der Waals surface area contributed by atoms with Crippen LogP contribution < -0.4 is 5.32 Å². The Morgan fingerprint density at radius 3 is 2.53 bits per heavy atom. The van der Waals surface area contributed by atoms with Crippen molar-refractivity contribution in [3.63, 3.8) is 0 Å². The van der Waals surface area contributed by atoms with Crippen LogP contribution in [0.15, 0.2) is 65.0 Å². The van der Waals surface area contributed by atoms with Gasteiger partial charge in [-0.2, -0.15) is 0 Å². The van der Waals surface area contributed by atoms with Gasteiger partial charge in [0.2, 0.25) is 5.91 Å². The maximum Gasteiger partial charge on any atom is 0.246 e. The molecule has 0 radical (unpaired) electrons. The summed E-state index contributed by atoms with van der Waals surface area (Å²) in [7, 11) is -3.59. The molecule has 4 aromatic rings. The molecule has 6 nitrogen and oxygen atoms in total. The number of hydrogen-bond acceptors (Lipinski definition) is 5. The fourth-order valence-electron chi connectivity index (χ4n) is 3.30. The first-order valence-electron chi connectivity index (χ1n) is 9.40. The first kappa shape index (κ1) is 20.3. The first-order chi connectivity index (χ1) is 14.3. The predicted octanol–water partition coefficient (Wildman–Crippen LogP) is 4.33. The minimum absolute atomic E-state index is 0.000801. The summed E-state index contributed by atoms with van der Waals surface area (Å²) in [6.07, 6.45) is 1.56. The highest BCUT2D eigenvalue weighted by Gasteiger charge is 2.22. The third kappa shape index (κ3) is 4.29. The van der Waals surface area contributed by atoms with Gasteiger partial charge in [0, 0.05) is 22.5 Å². The normalized spacial score (nSPS) is 11.7. The Bertz CT molecular complexity index is 1320. The molecule has 154 valence electrons. The van der Waals surface area contributed by atoms with Crippen molar-refractivity contribution in [2.45, 2.75) is 31.0 Å². The van der Waals surface area contributed by atoms with Crippen LogP contribution in [0.4, 0.5) is 5.13 Å². The van der Waals surface area contributed by atoms with Gasteiger partial charge in [-0.3, -0.25) is 4.79 Å². The molecule has 0 atom stereocenters. The second kappa shape index (κ2) is 8.04. The molecule has 0 aliphatic carbocycles. The molecule has 0 aliphatic rings. The van der Waals surface area contributed by atoms with Crippen molar-refractivity contribution in [2.75, 3.05) is 5.32 Å². The van der Waals surface area contributed by atoms with Gasteiger partial charge in [0.25, 0.3) is 0 Å². The second-order valence-corrected chi connectivity index (χ2v) is 10.0. The average molecular weight is 440 g/mol. The number of anilines is 1. The number of fused-ring (bicyclic) bond motifs is 1. The molecule has 2 aromatic heterocycles. The predicted molar refractivity (Wildman–Crippen MR) is 119 cm³/mol. The second-order valence-electron chi connectivity index (χ2n) is 7.23. The van der Waals surface area contributed by atoms with Crippen molar-refractivity contribution in [3.8, 4) is 0 Å². The number of sulfone groups is 1. The van der Waals surface area contributed by atoms with Gasteiger partial charge in [0.15, 0.2) is 15.0 Å². The van der Waals surface area contributed by atoms with Crippen molar-refractivity contribution in [1.82, 2.24) is 9.55 Å². The number of carbonyl (C=O) groups excluding carboxylic acids is 1. The van der Waals surface area contributed by atoms with Gasteiger partial charge in [-0.05, 0) is 25.5 Å². The Labute approximate surface area is 179 Å². The lowest BCUT2D eigenvalue weighted by Crippen LogP contribution is -2.18. The largest absolute Gasteiger partial charge is 0.337 e. The summed E-state index contributed by atoms with van der Waals surface area (Å²) in [6.45, 7) is 3.82. The number of amides is 1. The van der Waals surface area contributed by atoms with Gasteiger partial charge in [-0.15, -0.1) is 11.3 Å². The lowest BCUT2D eigenvalue weighted by molar-refractivity contribution is -0.116. The molecule has 2 aromatic carbocycles. The van der Waals surface area contributed by atoms with E-state index in [-0.39, 0.29) is 23.1 Å². The molecule has 0 aliphatic heterocycles. The van der Waals surface area contributed by atoms with Crippen LogP contribution >= 0.6 is 11.3 Å². The molecule has 0 saturated heterocycles. The number of carbonyl (C=O) groups is 1. The van der Waals surface area contributed by atoms with Crippen molar-refractivity contribution < 1.29 is 13.2 Å². The average Bonchev–Trinajstić information content (AvgIpc) is 3.27. The summed E-state index contributed by atoms with van der Waals surface area (Å²) in [5, 5.41) is 5.77. The molecule has 0 fully saturated rings. The summed E-state index contributed by atoms with van der Waals surface area (Å²) in [6, 6.07) is 14.7. The third-order valence-corrected chi connectivity index (χ3v) is 7.33. The molecule has 0 unspecified atom stereocenters. The molecule has 0 spiro atoms. The SMILES string of the molecule is Cc1ccc(CS(=O)(=O)c2cn(CC(=O)Nc3nc(C)cs3)c3ccccc23)cc1. The number of nitrogens with zero attached hydrogens (tertiary/aromatic N) is 2. The molecule has 1 amide bonds. The number of rotatable bonds is 6. The van der Waals surface area contributed by atoms with Crippen LogP contribution in [0, 0.1) is 13.8 Å². The van der Waals surface area contributed by atoms with E-state index in [1.807, 2.05) is 55.6 Å². The van der Waals surface area contributed by atoms with E-state index in [2.05, 4.69) is 10.3 Å². The minimum atomic E-state index is -3.59. The van der Waals surface area contributed by atoms with Gasteiger partial charge in [0.05, 0.1) is 16.3 Å². The van der Waals surface area contributed by atoms with E-state index in [0.717, 1.165) is 16.8 Å². The van der Waals surface area contributed by atoms with Crippen molar-refractivity contribution in [2.24, 2.45) is 0 Å². The molecule has 0 saturated carbocycles. The van der Waals surface area contributed by atoms with E-state index >= 15 is 0 Å². The quantitative estimate of drug-likeness (QED) is 0.485. The van der Waals surface area contributed by atoms with E-state index < -0.39 is 9.84 Å². The highest BCUT2D eigenvalue weighted by molar-refractivity contribution is 7.90. The third-order valence-electron chi connectivity index (χ3n) is 4.74. The van der Waals surface area contributed by atoms with E-state index in [4.69, 9.17) is 0 Å². The summed E-state index contributed by atoms with van der Waals surface area (Å²) >= 11 is 1.36. The molecule has 1 N–H and O–H groups in total. The van der Waals surface area contributed by atoms with Gasteiger partial charge >= 0.3 is 0 Å². The van der Waals surface area contributed by atoms with Crippen molar-refractivity contribution >= 4 is 43.1 Å². The van der Waals surface area contributed by atoms with Crippen LogP contribution in [0.5, 0.6) is 0 Å². The highest BCUT2D eigenvalue weighted by Crippen LogP contribution is 2.28. The van der Waals surface area contributed by atoms with Crippen molar-refractivity contribution in [1.29, 1.82) is 0 Å². The molecule has 4 rings (SSSR count). The summed E-state index contributed by atoms with van der Waals surface area (Å²) in [4.78, 5) is 17.0. The number of aryl methyl sites for hydroxylation is 2. The van der Waals surface area contributed by atoms with Gasteiger partial charge in [-0.25, -0.2) is 13.4 Å². The lowest BCUT2D eigenvalue weighted by atomic mass is 10.2. The van der Waals surface area contributed by atoms with E-state index in [9.17, 15) is 13.2 Å². The molecular formula is C22H21N3O3S2. The molecule has 8 heteroatoms. The Morgan fingerprint density at radius 1 is 1.10 bits per heavy atom. The number of hydrogen-bond donors (Lipinski definition) is 1. The maximum atomic E-state index is 13.2. The number of thiazole rings is 1. The van der Waals surface area contributed by atoms with Gasteiger partial charge in [0.1, 0.15) is 6.54 Å². The number of nitrogens with one attached hydrogen (secondary N) is 1. The van der Waals surface area contributed by atoms with Crippen LogP contribution in [0.3, 0.4) is 0 Å². The fraction of sp³-hybridized carbons (Fsp3) is 0.182. The van der Waals surface area contributed by atoms with Crippen LogP contribution in [-0.4, -0.2) is 23.9 Å². The van der Waals surface area contributed by atoms with Crippen LogP contribution in [-0.2, 0) is 26.9 Å². The fourth-order valence-corrected chi connectivity index (χ4v) is 5.58. The topological polar surface area (TPSA) is 81.1 Å². The molecule has 0 bridgehead atoms. The first-order valence-corrected chi connectivity index (χ1v) is 11.9. The monoisotopic (exact) mass is 439 g/mol. The summed E-state index contributed by atoms with van der Waals surface area (Å²) in [5.41, 5.74) is 3.35. The zero-order valence-corrected chi connectivity index (χ0v) is 18.3. The zero-order valence-electron chi connectivity index (χ0n) is 16.6. The van der Waals surface area contributed by atoms with Crippen molar-refractivity contribution in [3.05, 3.63) is 76.9 Å².